The molecule has 0 rings (SSSR count). The first-order valence-corrected chi connectivity index (χ1v) is 6.13. The number of rotatable bonds is 4. The van der Waals surface area contributed by atoms with Crippen LogP contribution in [0.3, 0.4) is 0 Å². The van der Waals surface area contributed by atoms with E-state index in [0.717, 1.165) is 12.7 Å². The fraction of sp³-hybridized carbons (Fsp3) is 1.00. The zero-order valence-electron chi connectivity index (χ0n) is 8.11. The van der Waals surface area contributed by atoms with Crippen LogP contribution >= 0.6 is 0 Å². The van der Waals surface area contributed by atoms with Gasteiger partial charge >= 0.3 is 0 Å². The van der Waals surface area contributed by atoms with Crippen molar-refractivity contribution >= 4 is 9.84 Å². The van der Waals surface area contributed by atoms with Crippen LogP contribution in [0.1, 0.15) is 27.2 Å². The van der Waals surface area contributed by atoms with Gasteiger partial charge in [0.15, 0.2) is 9.84 Å². The molecule has 0 spiro atoms. The summed E-state index contributed by atoms with van der Waals surface area (Å²) in [5, 5.41) is 8.88. The van der Waals surface area contributed by atoms with Crippen molar-refractivity contribution < 1.29 is 13.5 Å². The van der Waals surface area contributed by atoms with Gasteiger partial charge in [0.25, 0.3) is 0 Å². The highest BCUT2D eigenvalue weighted by Crippen LogP contribution is 2.15. The lowest BCUT2D eigenvalue weighted by atomic mass is 10.00. The Morgan fingerprint density at radius 3 is 2.00 bits per heavy atom. The molecule has 12 heavy (non-hydrogen) atoms. The van der Waals surface area contributed by atoms with Crippen LogP contribution < -0.4 is 0 Å². The van der Waals surface area contributed by atoms with Crippen LogP contribution in [-0.2, 0) is 9.84 Å². The highest BCUT2D eigenvalue weighted by molar-refractivity contribution is 7.91. The highest BCUT2D eigenvalue weighted by atomic mass is 32.2. The minimum absolute atomic E-state index is 0.0368. The van der Waals surface area contributed by atoms with E-state index in [9.17, 15) is 13.5 Å². The van der Waals surface area contributed by atoms with Gasteiger partial charge in [-0.05, 0) is 12.8 Å². The molecule has 0 aliphatic carbocycles. The zero-order chi connectivity index (χ0) is 9.94. The number of sulfone groups is 1. The van der Waals surface area contributed by atoms with E-state index in [0.29, 0.717) is 0 Å². The summed E-state index contributed by atoms with van der Waals surface area (Å²) in [4.78, 5) is 0. The third-order valence-corrected chi connectivity index (χ3v) is 4.01. The fourth-order valence-electron chi connectivity index (χ4n) is 0.957. The Morgan fingerprint density at radius 2 is 1.75 bits per heavy atom. The first kappa shape index (κ1) is 11.9. The Bertz CT molecular complexity index is 220. The van der Waals surface area contributed by atoms with Gasteiger partial charge in [-0.1, -0.05) is 20.3 Å². The van der Waals surface area contributed by atoms with E-state index in [4.69, 9.17) is 0 Å². The smallest absolute Gasteiger partial charge is 0.152 e. The maximum Gasteiger partial charge on any atom is 0.152 e. The molecule has 0 aromatic heterocycles. The molecule has 3 atom stereocenters. The quantitative estimate of drug-likeness (QED) is 0.721. The van der Waals surface area contributed by atoms with Crippen LogP contribution in [0.2, 0.25) is 0 Å². The number of aliphatic hydroxyl groups is 1. The standard InChI is InChI=1S/C8H18O3S/c1-5-6(2)8(9)7(3)12(4,10)11/h6-9H,5H2,1-4H3. The molecule has 4 heteroatoms. The largest absolute Gasteiger partial charge is 0.392 e. The van der Waals surface area contributed by atoms with Crippen molar-refractivity contribution in [2.45, 2.75) is 38.5 Å². The summed E-state index contributed by atoms with van der Waals surface area (Å²) < 4.78 is 22.1. The Hall–Kier alpha value is -0.0900. The van der Waals surface area contributed by atoms with E-state index < -0.39 is 21.2 Å². The van der Waals surface area contributed by atoms with Gasteiger partial charge in [-0.25, -0.2) is 8.42 Å². The molecule has 1 N–H and O–H groups in total. The molecule has 0 amide bonds. The Kier molecular flexibility index (Phi) is 4.20. The average Bonchev–Trinajstić information content (AvgIpc) is 1.98. The number of hydrogen-bond acceptors (Lipinski definition) is 3. The van der Waals surface area contributed by atoms with E-state index in [-0.39, 0.29) is 5.92 Å². The molecule has 3 nitrogen and oxygen atoms in total. The molecule has 0 aliphatic rings. The molecule has 0 heterocycles. The van der Waals surface area contributed by atoms with Gasteiger partial charge in [0.2, 0.25) is 0 Å². The molecule has 0 bridgehead atoms. The molecule has 74 valence electrons. The lowest BCUT2D eigenvalue weighted by molar-refractivity contribution is 0.113. The Labute approximate surface area is 74.7 Å². The molecular formula is C8H18O3S. The normalized spacial score (nSPS) is 20.1. The average molecular weight is 194 g/mol. The molecule has 0 fully saturated rings. The van der Waals surface area contributed by atoms with Gasteiger partial charge in [0.05, 0.1) is 11.4 Å². The van der Waals surface area contributed by atoms with Crippen molar-refractivity contribution in [3.63, 3.8) is 0 Å². The third kappa shape index (κ3) is 3.11. The Morgan fingerprint density at radius 1 is 1.33 bits per heavy atom. The lowest BCUT2D eigenvalue weighted by Crippen LogP contribution is -2.35. The second kappa shape index (κ2) is 4.23. The van der Waals surface area contributed by atoms with Crippen LogP contribution in [0.15, 0.2) is 0 Å². The predicted octanol–water partition coefficient (Wildman–Crippen LogP) is 0.827. The summed E-state index contributed by atoms with van der Waals surface area (Å²) >= 11 is 0. The van der Waals surface area contributed by atoms with Crippen LogP contribution in [-0.4, -0.2) is 31.1 Å². The maximum absolute atomic E-state index is 11.0. The fourth-order valence-corrected chi connectivity index (χ4v) is 1.73. The van der Waals surface area contributed by atoms with Gasteiger partial charge < -0.3 is 5.11 Å². The minimum atomic E-state index is -3.11. The van der Waals surface area contributed by atoms with Crippen molar-refractivity contribution in [1.82, 2.24) is 0 Å². The van der Waals surface area contributed by atoms with Crippen molar-refractivity contribution in [2.24, 2.45) is 5.92 Å². The van der Waals surface area contributed by atoms with Crippen LogP contribution in [0.25, 0.3) is 0 Å². The van der Waals surface area contributed by atoms with Gasteiger partial charge in [-0.15, -0.1) is 0 Å². The second-order valence-corrected chi connectivity index (χ2v) is 5.81. The third-order valence-electron chi connectivity index (χ3n) is 2.38. The molecule has 0 aromatic rings. The molecule has 0 aromatic carbocycles. The van der Waals surface area contributed by atoms with Gasteiger partial charge in [-0.2, -0.15) is 0 Å². The zero-order valence-corrected chi connectivity index (χ0v) is 8.93. The van der Waals surface area contributed by atoms with Crippen molar-refractivity contribution in [3.05, 3.63) is 0 Å². The number of aliphatic hydroxyl groups excluding tert-OH is 1. The van der Waals surface area contributed by atoms with Gasteiger partial charge in [-0.3, -0.25) is 0 Å². The van der Waals surface area contributed by atoms with Crippen molar-refractivity contribution in [1.29, 1.82) is 0 Å². The van der Waals surface area contributed by atoms with E-state index in [2.05, 4.69) is 0 Å². The van der Waals surface area contributed by atoms with Crippen LogP contribution in [0.5, 0.6) is 0 Å². The van der Waals surface area contributed by atoms with Gasteiger partial charge in [0.1, 0.15) is 0 Å². The minimum Gasteiger partial charge on any atom is -0.392 e. The first-order valence-electron chi connectivity index (χ1n) is 4.17. The molecular weight excluding hydrogens is 176 g/mol. The summed E-state index contributed by atoms with van der Waals surface area (Å²) in [6, 6.07) is 0. The summed E-state index contributed by atoms with van der Waals surface area (Å²) in [7, 11) is -3.11. The van der Waals surface area contributed by atoms with E-state index in [1.165, 1.54) is 0 Å². The second-order valence-electron chi connectivity index (χ2n) is 3.41. The summed E-state index contributed by atoms with van der Waals surface area (Å²) in [5.74, 6) is 0.0368. The predicted molar refractivity (Wildman–Crippen MR) is 49.8 cm³/mol. The monoisotopic (exact) mass is 194 g/mol. The van der Waals surface area contributed by atoms with Crippen LogP contribution in [0, 0.1) is 5.92 Å². The number of hydrogen-bond donors (Lipinski definition) is 1. The summed E-state index contributed by atoms with van der Waals surface area (Å²) in [6.07, 6.45) is 1.20. The lowest BCUT2D eigenvalue weighted by Gasteiger charge is -2.22. The maximum atomic E-state index is 11.0. The van der Waals surface area contributed by atoms with Crippen molar-refractivity contribution in [3.8, 4) is 0 Å². The van der Waals surface area contributed by atoms with E-state index >= 15 is 0 Å². The summed E-state index contributed by atoms with van der Waals surface area (Å²) in [5.41, 5.74) is 0. The van der Waals surface area contributed by atoms with E-state index in [1.54, 1.807) is 6.92 Å². The molecule has 0 aliphatic heterocycles. The van der Waals surface area contributed by atoms with E-state index in [1.807, 2.05) is 13.8 Å². The first-order chi connectivity index (χ1) is 5.30. The highest BCUT2D eigenvalue weighted by Gasteiger charge is 2.27. The molecule has 0 saturated heterocycles. The SMILES string of the molecule is CCC(C)C(O)C(C)S(C)(=O)=O. The van der Waals surface area contributed by atoms with Crippen molar-refractivity contribution in [2.75, 3.05) is 6.26 Å². The Balaban J connectivity index is 4.40. The molecule has 3 unspecified atom stereocenters. The molecule has 0 saturated carbocycles. The summed E-state index contributed by atoms with van der Waals surface area (Å²) in [6.45, 7) is 5.33. The topological polar surface area (TPSA) is 54.4 Å². The van der Waals surface area contributed by atoms with Gasteiger partial charge in [0, 0.05) is 6.26 Å². The van der Waals surface area contributed by atoms with Crippen LogP contribution in [0.4, 0.5) is 0 Å². The molecule has 0 radical (unpaired) electrons.